The van der Waals surface area contributed by atoms with Gasteiger partial charge < -0.3 is 10.5 Å². The molecule has 3 aliphatic rings. The minimum atomic E-state index is -4.91. The second-order valence-electron chi connectivity index (χ2n) is 10.4. The predicted molar refractivity (Wildman–Crippen MR) is 149 cm³/mol. The molecule has 0 saturated carbocycles. The van der Waals surface area contributed by atoms with Gasteiger partial charge in [0, 0.05) is 51.4 Å². The zero-order valence-electron chi connectivity index (χ0n) is 21.2. The lowest BCUT2D eigenvalue weighted by Gasteiger charge is -2.27. The predicted octanol–water partition coefficient (Wildman–Crippen LogP) is 2.65. The van der Waals surface area contributed by atoms with E-state index in [-0.39, 0.29) is 5.56 Å². The van der Waals surface area contributed by atoms with E-state index in [1.807, 2.05) is 30.3 Å². The van der Waals surface area contributed by atoms with Crippen LogP contribution in [0, 0.1) is 0 Å². The highest BCUT2D eigenvalue weighted by Gasteiger charge is 2.33. The topological polar surface area (TPSA) is 147 Å². The molecule has 9 nitrogen and oxygen atoms in total. The van der Waals surface area contributed by atoms with Crippen molar-refractivity contribution in [1.82, 2.24) is 4.58 Å². The van der Waals surface area contributed by atoms with E-state index in [0.717, 1.165) is 72.8 Å². The molecule has 7 rings (SSSR count). The monoisotopic (exact) mass is 577 g/mol. The normalized spacial score (nSPS) is 16.2. The number of nitrogens with two attached hydrogens (primary N) is 1. The van der Waals surface area contributed by atoms with Crippen molar-refractivity contribution in [3.8, 4) is 11.5 Å². The van der Waals surface area contributed by atoms with Gasteiger partial charge in [0.1, 0.15) is 29.5 Å². The van der Waals surface area contributed by atoms with Crippen molar-refractivity contribution in [2.45, 2.75) is 35.5 Å². The van der Waals surface area contributed by atoms with Gasteiger partial charge >= 0.3 is 0 Å². The molecule has 40 heavy (non-hydrogen) atoms. The van der Waals surface area contributed by atoms with E-state index in [9.17, 15) is 25.9 Å². The molecule has 0 atom stereocenters. The summed E-state index contributed by atoms with van der Waals surface area (Å²) >= 11 is 0. The zero-order chi connectivity index (χ0) is 28.0. The maximum Gasteiger partial charge on any atom is 0.295 e. The maximum atomic E-state index is 12.7. The van der Waals surface area contributed by atoms with Crippen molar-refractivity contribution < 1.29 is 30.7 Å². The molecule has 4 N–H and O–H groups in total. The first-order chi connectivity index (χ1) is 19.0. The number of benzene rings is 4. The average molecular weight is 578 g/mol. The lowest BCUT2D eigenvalue weighted by Crippen LogP contribution is -2.45. The van der Waals surface area contributed by atoms with Gasteiger partial charge in [-0.25, -0.2) is 4.58 Å². The third-order valence-corrected chi connectivity index (χ3v) is 9.75. The summed E-state index contributed by atoms with van der Waals surface area (Å²) in [5, 5.41) is 3.45. The average Bonchev–Trinajstić information content (AvgIpc) is 2.91. The number of rotatable bonds is 3. The van der Waals surface area contributed by atoms with Crippen LogP contribution in [0.15, 0.2) is 64.4 Å². The molecule has 0 unspecified atom stereocenters. The number of anilines is 1. The van der Waals surface area contributed by atoms with Crippen molar-refractivity contribution in [3.63, 3.8) is 0 Å². The van der Waals surface area contributed by atoms with E-state index >= 15 is 0 Å². The van der Waals surface area contributed by atoms with Gasteiger partial charge in [-0.2, -0.15) is 16.8 Å². The molecule has 0 radical (unpaired) electrons. The Labute approximate surface area is 230 Å². The zero-order valence-corrected chi connectivity index (χ0v) is 22.8. The minimum absolute atomic E-state index is 0.103. The standard InChI is InChI=1S/C29H24N2O7S2/c30-18-6-9-20-16(13-18)5-8-22-26(21-10-7-19(39(32,33)34)15-25(21)40(35,36)37)24-14-17-3-1-11-31-12-2-4-23(27(17)31)29(24)38-28(20)22/h5-10,13-15,30H,1-4,11-12H2,(H2,32,33,34,35,36,37)/p+1. The van der Waals surface area contributed by atoms with Gasteiger partial charge in [-0.1, -0.05) is 12.1 Å². The fourth-order valence-corrected chi connectivity index (χ4v) is 7.69. The maximum absolute atomic E-state index is 12.7. The Kier molecular flexibility index (Phi) is 5.43. The van der Waals surface area contributed by atoms with E-state index in [2.05, 4.69) is 4.58 Å². The second kappa shape index (κ2) is 8.61. The van der Waals surface area contributed by atoms with Gasteiger partial charge in [0.05, 0.1) is 10.5 Å². The largest absolute Gasteiger partial charge is 0.455 e. The first kappa shape index (κ1) is 25.2. The lowest BCUT2D eigenvalue weighted by molar-refractivity contribution is 0.440. The quantitative estimate of drug-likeness (QED) is 0.169. The van der Waals surface area contributed by atoms with Crippen molar-refractivity contribution in [2.75, 3.05) is 18.8 Å². The summed E-state index contributed by atoms with van der Waals surface area (Å²) in [5.74, 6) is 1.14. The van der Waals surface area contributed by atoms with Gasteiger partial charge in [-0.3, -0.25) is 9.11 Å². The number of hydrogen-bond donors (Lipinski definition) is 3. The lowest BCUT2D eigenvalue weighted by atomic mass is 9.86. The van der Waals surface area contributed by atoms with Crippen LogP contribution >= 0.6 is 0 Å². The Hall–Kier alpha value is -3.77. The summed E-state index contributed by atoms with van der Waals surface area (Å²) in [4.78, 5) is -1.26. The first-order valence-electron chi connectivity index (χ1n) is 12.9. The molecule has 3 heterocycles. The van der Waals surface area contributed by atoms with Gasteiger partial charge in [0.2, 0.25) is 5.36 Å². The number of hydrogen-bond acceptors (Lipinski definition) is 6. The second-order valence-corrected chi connectivity index (χ2v) is 13.3. The van der Waals surface area contributed by atoms with Crippen LogP contribution in [-0.2, 0) is 33.1 Å². The number of nitrogen functional groups attached to an aromatic ring is 1. The molecule has 11 heteroatoms. The third kappa shape index (κ3) is 3.84. The molecular formula is C29H25N2O7S2+. The van der Waals surface area contributed by atoms with Gasteiger partial charge in [0.25, 0.3) is 20.2 Å². The molecular weight excluding hydrogens is 552 g/mol. The smallest absolute Gasteiger partial charge is 0.295 e. The number of fused-ring (bicyclic) bond motifs is 5. The molecule has 0 aliphatic carbocycles. The Morgan fingerprint density at radius 2 is 1.55 bits per heavy atom. The highest BCUT2D eigenvalue weighted by atomic mass is 32.2. The van der Waals surface area contributed by atoms with E-state index in [0.29, 0.717) is 33.5 Å². The Morgan fingerprint density at radius 1 is 0.800 bits per heavy atom. The van der Waals surface area contributed by atoms with Gasteiger partial charge in [-0.15, -0.1) is 0 Å². The Bertz CT molecular complexity index is 2150. The molecule has 3 aliphatic heterocycles. The highest BCUT2D eigenvalue weighted by Crippen LogP contribution is 2.44. The summed E-state index contributed by atoms with van der Waals surface area (Å²) in [5.41, 5.74) is 10.0. The van der Waals surface area contributed by atoms with Crippen LogP contribution in [0.1, 0.15) is 35.1 Å². The summed E-state index contributed by atoms with van der Waals surface area (Å²) in [6.07, 6.45) is 3.58. The molecule has 0 saturated heterocycles. The summed E-state index contributed by atoms with van der Waals surface area (Å²) in [6, 6.07) is 14.4. The fraction of sp³-hybridized carbons (Fsp3) is 0.207. The van der Waals surface area contributed by atoms with Crippen LogP contribution in [0.25, 0.3) is 16.3 Å². The van der Waals surface area contributed by atoms with E-state index in [4.69, 9.17) is 10.5 Å². The summed E-state index contributed by atoms with van der Waals surface area (Å²) < 4.78 is 78.1. The molecule has 4 aromatic carbocycles. The van der Waals surface area contributed by atoms with Crippen molar-refractivity contribution in [1.29, 1.82) is 0 Å². The Morgan fingerprint density at radius 3 is 2.30 bits per heavy atom. The SMILES string of the molecule is Nc1ccc2c3c(ccc2c1)C(c1ccc(S(=O)(=O)O)cc1S(=O)(=O)O)=c1cc2c4c(c1O3)CCC[N+]=4CCC2. The van der Waals surface area contributed by atoms with Gasteiger partial charge in [-0.05, 0) is 60.7 Å². The van der Waals surface area contributed by atoms with Crippen LogP contribution in [0.4, 0.5) is 5.69 Å². The molecule has 0 aromatic heterocycles. The summed E-state index contributed by atoms with van der Waals surface area (Å²) in [6.45, 7) is 1.91. The van der Waals surface area contributed by atoms with Gasteiger partial charge in [0.15, 0.2) is 0 Å². The van der Waals surface area contributed by atoms with Crippen molar-refractivity contribution in [3.05, 3.63) is 87.4 Å². The minimum Gasteiger partial charge on any atom is -0.455 e. The molecule has 0 amide bonds. The van der Waals surface area contributed by atoms with Crippen molar-refractivity contribution in [2.24, 2.45) is 0 Å². The van der Waals surface area contributed by atoms with Crippen LogP contribution in [0.2, 0.25) is 0 Å². The Balaban J connectivity index is 1.68. The first-order valence-corrected chi connectivity index (χ1v) is 15.8. The third-order valence-electron chi connectivity index (χ3n) is 8.01. The number of aryl methyl sites for hydroxylation is 1. The summed E-state index contributed by atoms with van der Waals surface area (Å²) in [7, 11) is -9.65. The molecule has 0 fully saturated rings. The van der Waals surface area contributed by atoms with E-state index in [1.165, 1.54) is 11.4 Å². The van der Waals surface area contributed by atoms with Crippen LogP contribution in [0.3, 0.4) is 0 Å². The fourth-order valence-electron chi connectivity index (χ4n) is 6.38. The van der Waals surface area contributed by atoms with E-state index < -0.39 is 30.0 Å². The van der Waals surface area contributed by atoms with Crippen LogP contribution in [0.5, 0.6) is 11.5 Å². The molecule has 0 spiro atoms. The van der Waals surface area contributed by atoms with Crippen LogP contribution < -0.4 is 25.6 Å². The molecule has 0 bridgehead atoms. The molecule has 204 valence electrons. The number of nitrogens with zero attached hydrogens (tertiary/aromatic N) is 1. The highest BCUT2D eigenvalue weighted by molar-refractivity contribution is 7.86. The van der Waals surface area contributed by atoms with Crippen LogP contribution in [-0.4, -0.2) is 39.0 Å². The van der Waals surface area contributed by atoms with E-state index in [1.54, 1.807) is 6.07 Å². The van der Waals surface area contributed by atoms with Crippen molar-refractivity contribution >= 4 is 42.3 Å². The number of ether oxygens (including phenoxy) is 1. The molecule has 4 aromatic rings.